The average Bonchev–Trinajstić information content (AvgIpc) is 2.16. The molecule has 0 spiro atoms. The van der Waals surface area contributed by atoms with Crippen LogP contribution in [-0.2, 0) is 0 Å². The summed E-state index contributed by atoms with van der Waals surface area (Å²) in [5, 5.41) is 0. The van der Waals surface area contributed by atoms with Crippen molar-refractivity contribution in [2.75, 3.05) is 40.8 Å². The molecule has 0 aliphatic carbocycles. The molecule has 0 amide bonds. The summed E-state index contributed by atoms with van der Waals surface area (Å²) in [7, 11) is 6.76. The van der Waals surface area contributed by atoms with E-state index in [0.717, 1.165) is 0 Å². The molecule has 0 aromatic rings. The molecular formula is C9H25GeN3. The van der Waals surface area contributed by atoms with Crippen LogP contribution in [0.3, 0.4) is 0 Å². The molecule has 0 aromatic carbocycles. The summed E-state index contributed by atoms with van der Waals surface area (Å²) < 4.78 is 7.62. The van der Waals surface area contributed by atoms with Crippen molar-refractivity contribution in [1.82, 2.24) is 11.6 Å². The molecule has 0 fully saturated rings. The zero-order valence-electron chi connectivity index (χ0n) is 10.0. The van der Waals surface area contributed by atoms with E-state index in [4.69, 9.17) is 0 Å². The quantitative estimate of drug-likeness (QED) is 0.636. The monoisotopic (exact) mass is 249 g/mol. The Morgan fingerprint density at radius 2 is 0.923 bits per heavy atom. The average molecular weight is 248 g/mol. The van der Waals surface area contributed by atoms with Gasteiger partial charge in [-0.15, -0.1) is 0 Å². The maximum atomic E-state index is 2.54. The second-order valence-electron chi connectivity index (χ2n) is 3.57. The molecule has 0 N–H and O–H groups in total. The molecule has 0 aliphatic rings. The second kappa shape index (κ2) is 6.81. The first-order valence-electron chi connectivity index (χ1n) is 5.19. The minimum absolute atomic E-state index is 1.17. The van der Waals surface area contributed by atoms with Gasteiger partial charge in [0.1, 0.15) is 0 Å². The summed E-state index contributed by atoms with van der Waals surface area (Å²) in [6, 6.07) is 0. The summed E-state index contributed by atoms with van der Waals surface area (Å²) >= 11 is -1.52. The number of hydrogen-bond acceptors (Lipinski definition) is 3. The molecule has 3 nitrogen and oxygen atoms in total. The van der Waals surface area contributed by atoms with Crippen LogP contribution in [0.25, 0.3) is 0 Å². The first-order valence-corrected chi connectivity index (χ1v) is 8.44. The number of nitrogens with zero attached hydrogens (tertiary/aromatic N) is 3. The van der Waals surface area contributed by atoms with Gasteiger partial charge in [-0.1, -0.05) is 0 Å². The second-order valence-corrected chi connectivity index (χ2v) is 10.6. The van der Waals surface area contributed by atoms with Gasteiger partial charge in [-0.25, -0.2) is 0 Å². The Hall–Kier alpha value is 0.423. The Morgan fingerprint density at radius 1 is 0.692 bits per heavy atom. The van der Waals surface area contributed by atoms with Crippen LogP contribution in [0, 0.1) is 0 Å². The Kier molecular flexibility index (Phi) is 7.04. The van der Waals surface area contributed by atoms with Gasteiger partial charge < -0.3 is 0 Å². The zero-order valence-corrected chi connectivity index (χ0v) is 12.5. The standard InChI is InChI=1S/C9H25GeN3/c1-7-11(4)10(12(5)8-2)13(6)9-3/h10H,7-9H2,1-6H3. The molecule has 0 rings (SSSR count). The molecule has 0 atom stereocenters. The molecule has 0 radical (unpaired) electrons. The van der Waals surface area contributed by atoms with E-state index >= 15 is 0 Å². The molecule has 0 aliphatic heterocycles. The van der Waals surface area contributed by atoms with E-state index in [1.165, 1.54) is 19.6 Å². The molecule has 4 heteroatoms. The zero-order chi connectivity index (χ0) is 10.4. The van der Waals surface area contributed by atoms with Crippen molar-refractivity contribution in [2.24, 2.45) is 0 Å². The molecule has 0 saturated carbocycles. The molecule has 0 saturated heterocycles. The fourth-order valence-electron chi connectivity index (χ4n) is 1.50. The number of hydrogen-bond donors (Lipinski definition) is 0. The van der Waals surface area contributed by atoms with Crippen molar-refractivity contribution in [2.45, 2.75) is 20.8 Å². The van der Waals surface area contributed by atoms with E-state index in [0.29, 0.717) is 0 Å². The van der Waals surface area contributed by atoms with Gasteiger partial charge in [0.2, 0.25) is 0 Å². The van der Waals surface area contributed by atoms with Gasteiger partial charge >= 0.3 is 88.1 Å². The van der Waals surface area contributed by atoms with Gasteiger partial charge in [-0.05, 0) is 0 Å². The summed E-state index contributed by atoms with van der Waals surface area (Å²) in [4.78, 5) is 0. The van der Waals surface area contributed by atoms with Gasteiger partial charge in [0.05, 0.1) is 0 Å². The number of rotatable bonds is 6. The van der Waals surface area contributed by atoms with E-state index in [9.17, 15) is 0 Å². The van der Waals surface area contributed by atoms with Crippen molar-refractivity contribution < 1.29 is 0 Å². The third-order valence-electron chi connectivity index (χ3n) is 2.68. The third kappa shape index (κ3) is 3.98. The first kappa shape index (κ1) is 13.4. The fraction of sp³-hybridized carbons (Fsp3) is 1.00. The Bertz CT molecular complexity index is 108. The van der Waals surface area contributed by atoms with Crippen molar-refractivity contribution in [3.8, 4) is 0 Å². The maximum absolute atomic E-state index is 2.54. The van der Waals surface area contributed by atoms with Crippen LogP contribution in [0.5, 0.6) is 0 Å². The van der Waals surface area contributed by atoms with Crippen LogP contribution in [0.15, 0.2) is 0 Å². The molecule has 0 bridgehead atoms. The Labute approximate surface area is 88.5 Å². The molecule has 0 heterocycles. The summed E-state index contributed by atoms with van der Waals surface area (Å²) in [5.41, 5.74) is 0. The van der Waals surface area contributed by atoms with Gasteiger partial charge in [-0.3, -0.25) is 0 Å². The molecule has 80 valence electrons. The van der Waals surface area contributed by atoms with Crippen LogP contribution in [0.4, 0.5) is 0 Å². The molecule has 13 heavy (non-hydrogen) atoms. The van der Waals surface area contributed by atoms with E-state index in [1.807, 2.05) is 0 Å². The van der Waals surface area contributed by atoms with Crippen LogP contribution < -0.4 is 0 Å². The van der Waals surface area contributed by atoms with Crippen LogP contribution in [0.1, 0.15) is 20.8 Å². The minimum atomic E-state index is -1.52. The van der Waals surface area contributed by atoms with Crippen LogP contribution >= 0.6 is 0 Å². The topological polar surface area (TPSA) is 9.72 Å². The van der Waals surface area contributed by atoms with Crippen LogP contribution in [0.2, 0.25) is 0 Å². The third-order valence-corrected chi connectivity index (χ3v) is 9.94. The predicted octanol–water partition coefficient (Wildman–Crippen LogP) is 0.559. The molecular weight excluding hydrogens is 223 g/mol. The SMILES string of the molecule is CC[N](C)[GeH]([N](C)CC)[N](C)CC. The Morgan fingerprint density at radius 3 is 1.08 bits per heavy atom. The predicted molar refractivity (Wildman–Crippen MR) is 62.1 cm³/mol. The van der Waals surface area contributed by atoms with E-state index < -0.39 is 15.0 Å². The fourth-order valence-corrected chi connectivity index (χ4v) is 7.79. The Balaban J connectivity index is 4.34. The normalized spacial score (nSPS) is 12.5. The van der Waals surface area contributed by atoms with E-state index in [-0.39, 0.29) is 0 Å². The van der Waals surface area contributed by atoms with E-state index in [2.05, 4.69) is 53.5 Å². The first-order chi connectivity index (χ1) is 6.08. The summed E-state index contributed by atoms with van der Waals surface area (Å²) in [6.07, 6.45) is 0. The summed E-state index contributed by atoms with van der Waals surface area (Å²) in [6.45, 7) is 10.2. The van der Waals surface area contributed by atoms with Gasteiger partial charge in [0.15, 0.2) is 0 Å². The van der Waals surface area contributed by atoms with Gasteiger partial charge in [0, 0.05) is 0 Å². The molecule has 0 unspecified atom stereocenters. The van der Waals surface area contributed by atoms with Gasteiger partial charge in [-0.2, -0.15) is 0 Å². The summed E-state index contributed by atoms with van der Waals surface area (Å²) in [5.74, 6) is 0. The van der Waals surface area contributed by atoms with Crippen molar-refractivity contribution in [1.29, 1.82) is 0 Å². The van der Waals surface area contributed by atoms with Crippen molar-refractivity contribution in [3.63, 3.8) is 0 Å². The van der Waals surface area contributed by atoms with Crippen molar-refractivity contribution >= 4 is 15.0 Å². The van der Waals surface area contributed by atoms with Crippen LogP contribution in [-0.4, -0.2) is 67.4 Å². The van der Waals surface area contributed by atoms with Crippen molar-refractivity contribution in [3.05, 3.63) is 0 Å². The van der Waals surface area contributed by atoms with E-state index in [1.54, 1.807) is 0 Å². The van der Waals surface area contributed by atoms with Gasteiger partial charge in [0.25, 0.3) is 0 Å². The molecule has 0 aromatic heterocycles.